The van der Waals surface area contributed by atoms with Crippen LogP contribution >= 0.6 is 27.3 Å². The highest BCUT2D eigenvalue weighted by atomic mass is 79.9. The van der Waals surface area contributed by atoms with Crippen LogP contribution in [0.1, 0.15) is 17.3 Å². The van der Waals surface area contributed by atoms with Crippen LogP contribution in [0.3, 0.4) is 0 Å². The summed E-state index contributed by atoms with van der Waals surface area (Å²) in [4.78, 5) is 1.35. The molecule has 13 heavy (non-hydrogen) atoms. The minimum Gasteiger partial charge on any atom is -0.385 e. The Balaban J connectivity index is 2.61. The summed E-state index contributed by atoms with van der Waals surface area (Å²) in [6.45, 7) is 0.788. The zero-order chi connectivity index (χ0) is 9.68. The van der Waals surface area contributed by atoms with Gasteiger partial charge in [-0.2, -0.15) is 0 Å². The molecular formula is C9H14BrNOS. The highest BCUT2D eigenvalue weighted by Crippen LogP contribution is 2.30. The van der Waals surface area contributed by atoms with E-state index in [1.165, 1.54) is 9.35 Å². The second-order valence-electron chi connectivity index (χ2n) is 2.76. The van der Waals surface area contributed by atoms with Crippen molar-refractivity contribution in [2.45, 2.75) is 12.5 Å². The molecule has 0 saturated heterocycles. The molecule has 0 amide bonds. The Kier molecular flexibility index (Phi) is 4.94. The first kappa shape index (κ1) is 11.2. The predicted molar refractivity (Wildman–Crippen MR) is 60.3 cm³/mol. The van der Waals surface area contributed by atoms with E-state index < -0.39 is 0 Å². The van der Waals surface area contributed by atoms with Gasteiger partial charge in [0.05, 0.1) is 0 Å². The average Bonchev–Trinajstić information content (AvgIpc) is 2.54. The lowest BCUT2D eigenvalue weighted by atomic mass is 10.2. The molecule has 0 fully saturated rings. The van der Waals surface area contributed by atoms with Gasteiger partial charge in [-0.05, 0) is 40.8 Å². The first-order valence-electron chi connectivity index (χ1n) is 4.18. The van der Waals surface area contributed by atoms with E-state index in [4.69, 9.17) is 4.74 Å². The second-order valence-corrected chi connectivity index (χ2v) is 4.56. The molecule has 1 rings (SSSR count). The van der Waals surface area contributed by atoms with Crippen LogP contribution in [0.5, 0.6) is 0 Å². The highest BCUT2D eigenvalue weighted by molar-refractivity contribution is 9.10. The molecule has 0 aliphatic heterocycles. The second kappa shape index (κ2) is 5.75. The highest BCUT2D eigenvalue weighted by Gasteiger charge is 2.13. The van der Waals surface area contributed by atoms with Crippen LogP contribution in [0, 0.1) is 0 Å². The number of methoxy groups -OCH3 is 1. The number of ether oxygens (including phenoxy) is 1. The smallest absolute Gasteiger partial charge is 0.0480 e. The van der Waals surface area contributed by atoms with Crippen molar-refractivity contribution in [1.82, 2.24) is 5.32 Å². The molecule has 1 aromatic rings. The van der Waals surface area contributed by atoms with Crippen molar-refractivity contribution in [2.75, 3.05) is 20.8 Å². The molecule has 1 unspecified atom stereocenters. The summed E-state index contributed by atoms with van der Waals surface area (Å²) in [5, 5.41) is 5.37. The van der Waals surface area contributed by atoms with Crippen LogP contribution in [0.15, 0.2) is 15.9 Å². The van der Waals surface area contributed by atoms with Gasteiger partial charge in [0.2, 0.25) is 0 Å². The third-order valence-corrected chi connectivity index (χ3v) is 3.90. The summed E-state index contributed by atoms with van der Waals surface area (Å²) in [6.07, 6.45) is 1.01. The van der Waals surface area contributed by atoms with Gasteiger partial charge in [0.1, 0.15) is 0 Å². The van der Waals surface area contributed by atoms with Crippen molar-refractivity contribution in [3.05, 3.63) is 20.8 Å². The van der Waals surface area contributed by atoms with Gasteiger partial charge in [-0.25, -0.2) is 0 Å². The fraction of sp³-hybridized carbons (Fsp3) is 0.556. The SMILES string of the molecule is CNC(CCOC)c1sccc1Br. The Labute approximate surface area is 91.4 Å². The van der Waals surface area contributed by atoms with Gasteiger partial charge < -0.3 is 10.1 Å². The summed E-state index contributed by atoms with van der Waals surface area (Å²) in [5.41, 5.74) is 0. The summed E-state index contributed by atoms with van der Waals surface area (Å²) >= 11 is 5.30. The van der Waals surface area contributed by atoms with Crippen LogP contribution in [0.4, 0.5) is 0 Å². The van der Waals surface area contributed by atoms with E-state index in [0.717, 1.165) is 13.0 Å². The fourth-order valence-electron chi connectivity index (χ4n) is 1.20. The normalized spacial score (nSPS) is 13.2. The van der Waals surface area contributed by atoms with E-state index >= 15 is 0 Å². The van der Waals surface area contributed by atoms with Crippen LogP contribution in [0.25, 0.3) is 0 Å². The number of thiophene rings is 1. The topological polar surface area (TPSA) is 21.3 Å². The van der Waals surface area contributed by atoms with Crippen molar-refractivity contribution in [3.8, 4) is 0 Å². The van der Waals surface area contributed by atoms with Crippen LogP contribution in [-0.4, -0.2) is 20.8 Å². The van der Waals surface area contributed by atoms with Crippen LogP contribution in [0.2, 0.25) is 0 Å². The van der Waals surface area contributed by atoms with Crippen molar-refractivity contribution in [1.29, 1.82) is 0 Å². The molecule has 1 N–H and O–H groups in total. The summed E-state index contributed by atoms with van der Waals surface area (Å²) < 4.78 is 6.25. The minimum absolute atomic E-state index is 0.398. The number of nitrogens with one attached hydrogen (secondary N) is 1. The summed E-state index contributed by atoms with van der Waals surface area (Å²) in [6, 6.07) is 2.48. The van der Waals surface area contributed by atoms with E-state index in [0.29, 0.717) is 6.04 Å². The largest absolute Gasteiger partial charge is 0.385 e. The standard InChI is InChI=1S/C9H14BrNOS/c1-11-8(3-5-12-2)9-7(10)4-6-13-9/h4,6,8,11H,3,5H2,1-2H3. The van der Waals surface area contributed by atoms with Gasteiger partial charge in [-0.1, -0.05) is 0 Å². The van der Waals surface area contributed by atoms with Gasteiger partial charge in [0.15, 0.2) is 0 Å². The first-order chi connectivity index (χ1) is 6.29. The van der Waals surface area contributed by atoms with Crippen LogP contribution < -0.4 is 5.32 Å². The molecule has 4 heteroatoms. The molecular weight excluding hydrogens is 250 g/mol. The monoisotopic (exact) mass is 263 g/mol. The summed E-state index contributed by atoms with van der Waals surface area (Å²) in [7, 11) is 3.71. The lowest BCUT2D eigenvalue weighted by molar-refractivity contribution is 0.184. The zero-order valence-electron chi connectivity index (χ0n) is 7.84. The Morgan fingerprint density at radius 2 is 2.46 bits per heavy atom. The van der Waals surface area contributed by atoms with E-state index in [1.54, 1.807) is 18.4 Å². The Bertz CT molecular complexity index is 252. The van der Waals surface area contributed by atoms with Gasteiger partial charge >= 0.3 is 0 Å². The van der Waals surface area contributed by atoms with Crippen molar-refractivity contribution >= 4 is 27.3 Å². The van der Waals surface area contributed by atoms with Crippen molar-refractivity contribution in [2.24, 2.45) is 0 Å². The molecule has 0 radical (unpaired) electrons. The lowest BCUT2D eigenvalue weighted by Gasteiger charge is -2.14. The van der Waals surface area contributed by atoms with Crippen molar-refractivity contribution in [3.63, 3.8) is 0 Å². The third kappa shape index (κ3) is 3.06. The zero-order valence-corrected chi connectivity index (χ0v) is 10.2. The van der Waals surface area contributed by atoms with Crippen LogP contribution in [-0.2, 0) is 4.74 Å². The van der Waals surface area contributed by atoms with E-state index in [1.807, 2.05) is 7.05 Å². The van der Waals surface area contributed by atoms with Gasteiger partial charge in [-0.15, -0.1) is 11.3 Å². The maximum atomic E-state index is 5.06. The van der Waals surface area contributed by atoms with E-state index in [2.05, 4.69) is 32.7 Å². The molecule has 0 saturated carbocycles. The Morgan fingerprint density at radius 1 is 1.69 bits per heavy atom. The third-order valence-electron chi connectivity index (χ3n) is 1.92. The molecule has 1 atom stereocenters. The Hall–Kier alpha value is 0.100. The molecule has 2 nitrogen and oxygen atoms in total. The van der Waals surface area contributed by atoms with E-state index in [9.17, 15) is 0 Å². The van der Waals surface area contributed by atoms with Gasteiger partial charge in [-0.3, -0.25) is 0 Å². The molecule has 0 aromatic carbocycles. The predicted octanol–water partition coefficient (Wildman–Crippen LogP) is 2.81. The molecule has 0 bridgehead atoms. The maximum absolute atomic E-state index is 5.06. The van der Waals surface area contributed by atoms with Gasteiger partial charge in [0.25, 0.3) is 0 Å². The van der Waals surface area contributed by atoms with Gasteiger partial charge in [0, 0.05) is 29.1 Å². The molecule has 1 heterocycles. The van der Waals surface area contributed by atoms with E-state index in [-0.39, 0.29) is 0 Å². The lowest BCUT2D eigenvalue weighted by Crippen LogP contribution is -2.17. The number of halogens is 1. The molecule has 74 valence electrons. The first-order valence-corrected chi connectivity index (χ1v) is 5.86. The number of hydrogen-bond acceptors (Lipinski definition) is 3. The number of rotatable bonds is 5. The Morgan fingerprint density at radius 3 is 2.92 bits per heavy atom. The fourth-order valence-corrected chi connectivity index (χ4v) is 2.99. The quantitative estimate of drug-likeness (QED) is 0.883. The van der Waals surface area contributed by atoms with Crippen molar-refractivity contribution < 1.29 is 4.74 Å². The molecule has 0 spiro atoms. The minimum atomic E-state index is 0.398. The molecule has 0 aliphatic rings. The maximum Gasteiger partial charge on any atom is 0.0480 e. The molecule has 1 aromatic heterocycles. The summed E-state index contributed by atoms with van der Waals surface area (Å²) in [5.74, 6) is 0. The average molecular weight is 264 g/mol. The number of hydrogen-bond donors (Lipinski definition) is 1. The molecule has 0 aliphatic carbocycles.